The molecule has 0 amide bonds. The number of anilines is 2. The molecule has 3 heteroatoms. The quantitative estimate of drug-likeness (QED) is 0.187. The minimum absolute atomic E-state index is 0.904. The van der Waals surface area contributed by atoms with Gasteiger partial charge in [-0.1, -0.05) is 146 Å². The van der Waals surface area contributed by atoms with Crippen LogP contribution >= 0.6 is 0 Å². The highest BCUT2D eigenvalue weighted by atomic mass is 16.3. The topological polar surface area (TPSA) is 30.1 Å². The Labute approximate surface area is 318 Å². The van der Waals surface area contributed by atoms with Gasteiger partial charge in [-0.15, -0.1) is 0 Å². The second-order valence-corrected chi connectivity index (χ2v) is 14.2. The number of hydrogen-bond acceptors (Lipinski definition) is 2. The molecule has 0 spiro atoms. The number of fused-ring (bicyclic) bond motifs is 7. The Bertz CT molecular complexity index is 3220. The first kappa shape index (κ1) is 31.2. The van der Waals surface area contributed by atoms with Crippen molar-refractivity contribution in [1.29, 1.82) is 0 Å². The predicted octanol–water partition coefficient (Wildman–Crippen LogP) is 14.6. The van der Waals surface area contributed by atoms with Gasteiger partial charge in [0.2, 0.25) is 0 Å². The first-order chi connectivity index (χ1) is 27.3. The molecule has 55 heavy (non-hydrogen) atoms. The normalized spacial score (nSPS) is 11.6. The molecular weight excluding hydrogens is 669 g/mol. The number of nitrogens with one attached hydrogen (secondary N) is 1. The van der Waals surface area contributed by atoms with Crippen molar-refractivity contribution in [2.45, 2.75) is 0 Å². The van der Waals surface area contributed by atoms with Crippen LogP contribution in [0.4, 0.5) is 11.4 Å². The zero-order valence-corrected chi connectivity index (χ0v) is 29.9. The fourth-order valence-corrected chi connectivity index (χ4v) is 8.48. The van der Waals surface area contributed by atoms with Gasteiger partial charge < -0.3 is 14.3 Å². The molecule has 0 bridgehead atoms. The lowest BCUT2D eigenvalue weighted by atomic mass is 9.93. The number of aromatic nitrogens is 1. The molecule has 2 aromatic heterocycles. The molecular formula is C52H34N2O. The fraction of sp³-hybridized carbons (Fsp3) is 0. The van der Waals surface area contributed by atoms with Crippen LogP contribution < -0.4 is 5.32 Å². The highest BCUT2D eigenvalue weighted by Crippen LogP contribution is 2.42. The zero-order chi connectivity index (χ0) is 36.3. The second kappa shape index (κ2) is 12.6. The van der Waals surface area contributed by atoms with Crippen LogP contribution in [0.15, 0.2) is 205 Å². The Morgan fingerprint density at radius 3 is 1.85 bits per heavy atom. The van der Waals surface area contributed by atoms with Crippen LogP contribution in [-0.4, -0.2) is 4.57 Å². The molecule has 11 aromatic rings. The Balaban J connectivity index is 0.948. The maximum atomic E-state index is 6.25. The molecule has 9 aromatic carbocycles. The zero-order valence-electron chi connectivity index (χ0n) is 29.9. The molecule has 0 aliphatic carbocycles. The molecule has 1 N–H and O–H groups in total. The number of para-hydroxylation sites is 4. The standard InChI is InChI=1S/C52H34N2O/c1-2-13-37(14-3-1)54-48-22-10-7-18-42(48)45-33-36(29-32-49(45)54)34-25-27-35(28-26-34)38-15-6-9-21-46(38)53-47-31-30-40(39-16-4-5-17-41(39)47)43-20-12-24-51-52(43)44-19-8-11-23-50(44)55-51/h1-33,53H. The first-order valence-corrected chi connectivity index (χ1v) is 18.8. The van der Waals surface area contributed by atoms with Gasteiger partial charge in [0.15, 0.2) is 0 Å². The van der Waals surface area contributed by atoms with Crippen molar-refractivity contribution in [2.24, 2.45) is 0 Å². The van der Waals surface area contributed by atoms with Crippen LogP contribution in [0.5, 0.6) is 0 Å². The third-order valence-electron chi connectivity index (χ3n) is 11.0. The van der Waals surface area contributed by atoms with Crippen molar-refractivity contribution in [2.75, 3.05) is 5.32 Å². The average Bonchev–Trinajstić information content (AvgIpc) is 3.80. The number of hydrogen-bond donors (Lipinski definition) is 1. The van der Waals surface area contributed by atoms with Gasteiger partial charge in [0.1, 0.15) is 11.2 Å². The van der Waals surface area contributed by atoms with Crippen molar-refractivity contribution in [3.63, 3.8) is 0 Å². The van der Waals surface area contributed by atoms with E-state index >= 15 is 0 Å². The molecule has 11 rings (SSSR count). The fourth-order valence-electron chi connectivity index (χ4n) is 8.48. The molecule has 258 valence electrons. The summed E-state index contributed by atoms with van der Waals surface area (Å²) in [5, 5.41) is 11.0. The maximum absolute atomic E-state index is 6.25. The third-order valence-corrected chi connectivity index (χ3v) is 11.0. The van der Waals surface area contributed by atoms with E-state index in [0.29, 0.717) is 0 Å². The molecule has 0 aliphatic rings. The lowest BCUT2D eigenvalue weighted by Crippen LogP contribution is -1.95. The van der Waals surface area contributed by atoms with Gasteiger partial charge in [0.05, 0.1) is 11.0 Å². The van der Waals surface area contributed by atoms with Crippen LogP contribution in [0.1, 0.15) is 0 Å². The number of furan rings is 1. The van der Waals surface area contributed by atoms with Gasteiger partial charge >= 0.3 is 0 Å². The highest BCUT2D eigenvalue weighted by Gasteiger charge is 2.17. The maximum Gasteiger partial charge on any atom is 0.136 e. The predicted molar refractivity (Wildman–Crippen MR) is 232 cm³/mol. The summed E-state index contributed by atoms with van der Waals surface area (Å²) in [4.78, 5) is 0. The Morgan fingerprint density at radius 1 is 0.345 bits per heavy atom. The van der Waals surface area contributed by atoms with Gasteiger partial charge in [-0.3, -0.25) is 0 Å². The summed E-state index contributed by atoms with van der Waals surface area (Å²) in [5.74, 6) is 0. The molecule has 3 nitrogen and oxygen atoms in total. The summed E-state index contributed by atoms with van der Waals surface area (Å²) >= 11 is 0. The molecule has 0 fully saturated rings. The highest BCUT2D eigenvalue weighted by molar-refractivity contribution is 6.16. The minimum Gasteiger partial charge on any atom is -0.456 e. The van der Waals surface area contributed by atoms with Crippen molar-refractivity contribution < 1.29 is 4.42 Å². The summed E-state index contributed by atoms with van der Waals surface area (Å²) < 4.78 is 8.61. The number of rotatable bonds is 6. The second-order valence-electron chi connectivity index (χ2n) is 14.2. The van der Waals surface area contributed by atoms with E-state index in [1.807, 2.05) is 12.1 Å². The van der Waals surface area contributed by atoms with E-state index in [1.165, 1.54) is 60.5 Å². The Kier molecular flexibility index (Phi) is 7.17. The Morgan fingerprint density at radius 2 is 0.982 bits per heavy atom. The van der Waals surface area contributed by atoms with E-state index in [1.54, 1.807) is 0 Å². The van der Waals surface area contributed by atoms with Crippen molar-refractivity contribution in [3.8, 4) is 39.1 Å². The van der Waals surface area contributed by atoms with E-state index in [4.69, 9.17) is 4.42 Å². The first-order valence-electron chi connectivity index (χ1n) is 18.8. The lowest BCUT2D eigenvalue weighted by Gasteiger charge is -2.17. The summed E-state index contributed by atoms with van der Waals surface area (Å²) in [6.07, 6.45) is 0. The summed E-state index contributed by atoms with van der Waals surface area (Å²) in [7, 11) is 0. The molecule has 0 atom stereocenters. The van der Waals surface area contributed by atoms with Gasteiger partial charge in [-0.05, 0) is 87.8 Å². The third kappa shape index (κ3) is 5.13. The van der Waals surface area contributed by atoms with Gasteiger partial charge in [0, 0.05) is 49.6 Å². The molecule has 0 saturated carbocycles. The van der Waals surface area contributed by atoms with E-state index in [0.717, 1.165) is 44.4 Å². The van der Waals surface area contributed by atoms with Crippen LogP contribution in [0.25, 0.3) is 93.6 Å². The van der Waals surface area contributed by atoms with E-state index in [-0.39, 0.29) is 0 Å². The van der Waals surface area contributed by atoms with E-state index in [2.05, 4.69) is 198 Å². The van der Waals surface area contributed by atoms with Crippen molar-refractivity contribution >= 4 is 65.9 Å². The summed E-state index contributed by atoms with van der Waals surface area (Å²) in [6, 6.07) is 71.5. The Hall–Kier alpha value is -7.36. The molecule has 0 radical (unpaired) electrons. The molecule has 0 saturated heterocycles. The van der Waals surface area contributed by atoms with E-state index < -0.39 is 0 Å². The van der Waals surface area contributed by atoms with Crippen molar-refractivity contribution in [1.82, 2.24) is 4.57 Å². The lowest BCUT2D eigenvalue weighted by molar-refractivity contribution is 0.669. The van der Waals surface area contributed by atoms with Gasteiger partial charge in [0.25, 0.3) is 0 Å². The van der Waals surface area contributed by atoms with Crippen molar-refractivity contribution in [3.05, 3.63) is 200 Å². The van der Waals surface area contributed by atoms with Crippen LogP contribution in [-0.2, 0) is 0 Å². The smallest absolute Gasteiger partial charge is 0.136 e. The van der Waals surface area contributed by atoms with Crippen LogP contribution in [0.3, 0.4) is 0 Å². The summed E-state index contributed by atoms with van der Waals surface area (Å²) in [5.41, 5.74) is 14.6. The SMILES string of the molecule is c1ccc(-n2c3ccccc3c3cc(-c4ccc(-c5ccccc5Nc5ccc(-c6cccc7oc8ccccc8c67)c6ccccc56)cc4)ccc32)cc1. The molecule has 0 unspecified atom stereocenters. The van der Waals surface area contributed by atoms with Gasteiger partial charge in [-0.25, -0.2) is 0 Å². The van der Waals surface area contributed by atoms with Crippen LogP contribution in [0, 0.1) is 0 Å². The number of benzene rings is 9. The minimum atomic E-state index is 0.904. The monoisotopic (exact) mass is 702 g/mol. The van der Waals surface area contributed by atoms with E-state index in [9.17, 15) is 0 Å². The average molecular weight is 703 g/mol. The van der Waals surface area contributed by atoms with Crippen LogP contribution in [0.2, 0.25) is 0 Å². The largest absolute Gasteiger partial charge is 0.456 e. The van der Waals surface area contributed by atoms with Gasteiger partial charge in [-0.2, -0.15) is 0 Å². The molecule has 0 aliphatic heterocycles. The number of nitrogens with zero attached hydrogens (tertiary/aromatic N) is 1. The summed E-state index contributed by atoms with van der Waals surface area (Å²) in [6.45, 7) is 0. The molecule has 2 heterocycles.